The molecule has 0 aromatic carbocycles. The van der Waals surface area contributed by atoms with Crippen LogP contribution in [0.1, 0.15) is 17.9 Å². The molecule has 0 fully saturated rings. The van der Waals surface area contributed by atoms with E-state index in [2.05, 4.69) is 20.3 Å². The van der Waals surface area contributed by atoms with Gasteiger partial charge in [-0.05, 0) is 25.1 Å². The second-order valence-corrected chi connectivity index (χ2v) is 3.64. The minimum Gasteiger partial charge on any atom is -0.349 e. The minimum absolute atomic E-state index is 0.832. The Morgan fingerprint density at radius 3 is 2.94 bits per heavy atom. The first-order chi connectivity index (χ1) is 7.95. The quantitative estimate of drug-likeness (QED) is 0.720. The van der Waals surface area contributed by atoms with Crippen molar-refractivity contribution in [3.8, 4) is 0 Å². The van der Waals surface area contributed by atoms with Gasteiger partial charge in [0.25, 0.3) is 0 Å². The van der Waals surface area contributed by atoms with Crippen LogP contribution in [0.3, 0.4) is 0 Å². The van der Waals surface area contributed by atoms with Crippen LogP contribution in [0.4, 0.5) is 0 Å². The van der Waals surface area contributed by atoms with Crippen molar-refractivity contribution >= 4 is 0 Å². The van der Waals surface area contributed by atoms with Crippen molar-refractivity contribution in [2.24, 2.45) is 0 Å². The monoisotopic (exact) mass is 216 g/mol. The molecule has 0 spiro atoms. The SMILES string of the molecule is c1ccc(CNCCCc2ncc[nH]2)nc1. The molecule has 0 saturated carbocycles. The van der Waals surface area contributed by atoms with Crippen LogP contribution in [0.5, 0.6) is 0 Å². The highest BCUT2D eigenvalue weighted by Gasteiger charge is 1.95. The van der Waals surface area contributed by atoms with Gasteiger partial charge in [0.15, 0.2) is 0 Å². The van der Waals surface area contributed by atoms with Gasteiger partial charge in [0, 0.05) is 31.6 Å². The number of rotatable bonds is 6. The van der Waals surface area contributed by atoms with Crippen molar-refractivity contribution in [3.63, 3.8) is 0 Å². The highest BCUT2D eigenvalue weighted by molar-refractivity contribution is 5.02. The summed E-state index contributed by atoms with van der Waals surface area (Å²) in [7, 11) is 0. The molecular weight excluding hydrogens is 200 g/mol. The van der Waals surface area contributed by atoms with Gasteiger partial charge < -0.3 is 10.3 Å². The van der Waals surface area contributed by atoms with Crippen LogP contribution in [-0.4, -0.2) is 21.5 Å². The minimum atomic E-state index is 0.832. The van der Waals surface area contributed by atoms with E-state index < -0.39 is 0 Å². The zero-order valence-electron chi connectivity index (χ0n) is 9.19. The van der Waals surface area contributed by atoms with Crippen molar-refractivity contribution in [1.29, 1.82) is 0 Å². The zero-order valence-corrected chi connectivity index (χ0v) is 9.19. The number of pyridine rings is 1. The van der Waals surface area contributed by atoms with Crippen molar-refractivity contribution in [2.75, 3.05) is 6.54 Å². The molecule has 2 heterocycles. The molecule has 0 aliphatic heterocycles. The summed E-state index contributed by atoms with van der Waals surface area (Å²) in [5, 5.41) is 3.36. The highest BCUT2D eigenvalue weighted by Crippen LogP contribution is 1.95. The van der Waals surface area contributed by atoms with E-state index >= 15 is 0 Å². The Balaban J connectivity index is 1.59. The molecule has 2 N–H and O–H groups in total. The molecule has 16 heavy (non-hydrogen) atoms. The van der Waals surface area contributed by atoms with E-state index in [1.165, 1.54) is 0 Å². The molecule has 0 atom stereocenters. The van der Waals surface area contributed by atoms with Gasteiger partial charge in [-0.1, -0.05) is 6.07 Å². The highest BCUT2D eigenvalue weighted by atomic mass is 14.9. The summed E-state index contributed by atoms with van der Waals surface area (Å²) in [5.74, 6) is 1.06. The third-order valence-corrected chi connectivity index (χ3v) is 2.35. The maximum absolute atomic E-state index is 4.25. The third-order valence-electron chi connectivity index (χ3n) is 2.35. The lowest BCUT2D eigenvalue weighted by atomic mass is 10.3. The van der Waals surface area contributed by atoms with Gasteiger partial charge in [0.2, 0.25) is 0 Å². The fourth-order valence-corrected chi connectivity index (χ4v) is 1.53. The number of nitrogens with one attached hydrogen (secondary N) is 2. The Hall–Kier alpha value is -1.68. The number of aryl methyl sites for hydroxylation is 1. The molecule has 4 heteroatoms. The summed E-state index contributed by atoms with van der Waals surface area (Å²) in [6.07, 6.45) is 7.54. The van der Waals surface area contributed by atoms with Gasteiger partial charge >= 0.3 is 0 Å². The molecule has 0 saturated heterocycles. The Labute approximate surface area is 95.1 Å². The van der Waals surface area contributed by atoms with Crippen molar-refractivity contribution < 1.29 is 0 Å². The second-order valence-electron chi connectivity index (χ2n) is 3.64. The van der Waals surface area contributed by atoms with Gasteiger partial charge in [-0.15, -0.1) is 0 Å². The number of hydrogen-bond acceptors (Lipinski definition) is 3. The van der Waals surface area contributed by atoms with Gasteiger partial charge in [-0.25, -0.2) is 4.98 Å². The third kappa shape index (κ3) is 3.47. The lowest BCUT2D eigenvalue weighted by Gasteiger charge is -2.02. The van der Waals surface area contributed by atoms with E-state index in [-0.39, 0.29) is 0 Å². The maximum Gasteiger partial charge on any atom is 0.106 e. The summed E-state index contributed by atoms with van der Waals surface area (Å²) in [6, 6.07) is 5.97. The van der Waals surface area contributed by atoms with Gasteiger partial charge in [0.1, 0.15) is 5.82 Å². The molecule has 0 aliphatic rings. The van der Waals surface area contributed by atoms with Crippen molar-refractivity contribution in [3.05, 3.63) is 48.3 Å². The molecular formula is C12H16N4. The predicted octanol–water partition coefficient (Wildman–Crippen LogP) is 1.53. The van der Waals surface area contributed by atoms with Crippen LogP contribution >= 0.6 is 0 Å². The summed E-state index contributed by atoms with van der Waals surface area (Å²) in [4.78, 5) is 11.5. The first-order valence-electron chi connectivity index (χ1n) is 5.54. The average Bonchev–Trinajstić information content (AvgIpc) is 2.83. The molecule has 0 bridgehead atoms. The Morgan fingerprint density at radius 2 is 2.19 bits per heavy atom. The summed E-state index contributed by atoms with van der Waals surface area (Å²) in [5.41, 5.74) is 1.08. The van der Waals surface area contributed by atoms with E-state index in [1.807, 2.05) is 30.6 Å². The van der Waals surface area contributed by atoms with E-state index in [9.17, 15) is 0 Å². The van der Waals surface area contributed by atoms with E-state index in [4.69, 9.17) is 0 Å². The molecule has 0 amide bonds. The summed E-state index contributed by atoms with van der Waals surface area (Å²) >= 11 is 0. The molecule has 2 rings (SSSR count). The Morgan fingerprint density at radius 1 is 1.19 bits per heavy atom. The maximum atomic E-state index is 4.25. The van der Waals surface area contributed by atoms with Crippen LogP contribution in [0, 0.1) is 0 Å². The van der Waals surface area contributed by atoms with Crippen molar-refractivity contribution in [2.45, 2.75) is 19.4 Å². The number of aromatic nitrogens is 3. The standard InChI is InChI=1S/C12H16N4/c1-2-7-14-11(4-1)10-13-6-3-5-12-15-8-9-16-12/h1-2,4,7-9,13H,3,5-6,10H2,(H,15,16). The summed E-state index contributed by atoms with van der Waals surface area (Å²) < 4.78 is 0. The van der Waals surface area contributed by atoms with Gasteiger partial charge in [-0.2, -0.15) is 0 Å². The first kappa shape index (κ1) is 10.8. The number of H-pyrrole nitrogens is 1. The first-order valence-corrected chi connectivity index (χ1v) is 5.54. The molecule has 0 aliphatic carbocycles. The van der Waals surface area contributed by atoms with Crippen LogP contribution < -0.4 is 5.32 Å². The summed E-state index contributed by atoms with van der Waals surface area (Å²) in [6.45, 7) is 1.82. The normalized spacial score (nSPS) is 10.5. The van der Waals surface area contributed by atoms with Crippen LogP contribution in [0.25, 0.3) is 0 Å². The molecule has 2 aromatic heterocycles. The zero-order chi connectivity index (χ0) is 11.1. The number of imidazole rings is 1. The smallest absolute Gasteiger partial charge is 0.106 e. The lowest BCUT2D eigenvalue weighted by Crippen LogP contribution is -2.16. The predicted molar refractivity (Wildman–Crippen MR) is 62.9 cm³/mol. The topological polar surface area (TPSA) is 53.6 Å². The molecule has 4 nitrogen and oxygen atoms in total. The Bertz CT molecular complexity index is 383. The van der Waals surface area contributed by atoms with E-state index in [0.717, 1.165) is 37.4 Å². The molecule has 84 valence electrons. The van der Waals surface area contributed by atoms with E-state index in [1.54, 1.807) is 6.20 Å². The second kappa shape index (κ2) is 6.02. The fourth-order valence-electron chi connectivity index (χ4n) is 1.53. The molecule has 0 unspecified atom stereocenters. The largest absolute Gasteiger partial charge is 0.349 e. The van der Waals surface area contributed by atoms with Gasteiger partial charge in [-0.3, -0.25) is 4.98 Å². The molecule has 2 aromatic rings. The average molecular weight is 216 g/mol. The number of aromatic amines is 1. The van der Waals surface area contributed by atoms with Crippen molar-refractivity contribution in [1.82, 2.24) is 20.3 Å². The number of nitrogens with zero attached hydrogens (tertiary/aromatic N) is 2. The Kier molecular flexibility index (Phi) is 4.08. The van der Waals surface area contributed by atoms with Crippen LogP contribution in [-0.2, 0) is 13.0 Å². The number of hydrogen-bond donors (Lipinski definition) is 2. The fraction of sp³-hybridized carbons (Fsp3) is 0.333. The van der Waals surface area contributed by atoms with Crippen LogP contribution in [0.15, 0.2) is 36.8 Å². The van der Waals surface area contributed by atoms with Gasteiger partial charge in [0.05, 0.1) is 5.69 Å². The molecule has 0 radical (unpaired) electrons. The van der Waals surface area contributed by atoms with E-state index in [0.29, 0.717) is 0 Å². The lowest BCUT2D eigenvalue weighted by molar-refractivity contribution is 0.633. The van der Waals surface area contributed by atoms with Crippen LogP contribution in [0.2, 0.25) is 0 Å².